The fourth-order valence-electron chi connectivity index (χ4n) is 1.85. The van der Waals surface area contributed by atoms with Crippen molar-refractivity contribution in [2.75, 3.05) is 7.11 Å². The normalized spacial score (nSPS) is 11.8. The average Bonchev–Trinajstić information content (AvgIpc) is 2.48. The van der Waals surface area contributed by atoms with E-state index >= 15 is 0 Å². The lowest BCUT2D eigenvalue weighted by molar-refractivity contribution is -0.148. The number of carbonyl (C=O) groups excluding carboxylic acids is 1. The Balaban J connectivity index is 2.24. The molecule has 0 aliphatic rings. The molecule has 1 atom stereocenters. The van der Waals surface area contributed by atoms with E-state index in [9.17, 15) is 9.59 Å². The zero-order valence-electron chi connectivity index (χ0n) is 10.8. The molecule has 102 valence electrons. The number of methoxy groups -OCH3 is 1. The maximum Gasteiger partial charge on any atom is 0.337 e. The highest BCUT2D eigenvalue weighted by Crippen LogP contribution is 2.18. The van der Waals surface area contributed by atoms with Crippen LogP contribution in [0.3, 0.4) is 0 Å². The molecular weight excluding hydrogens is 258 g/mol. The molecule has 0 bridgehead atoms. The quantitative estimate of drug-likeness (QED) is 0.842. The highest BCUT2D eigenvalue weighted by atomic mass is 16.5. The van der Waals surface area contributed by atoms with Crippen molar-refractivity contribution in [3.8, 4) is 0 Å². The SMILES string of the molecule is COC(C(=O)O)c1ccc(C(=O)c2cccnc2)cc1. The molecule has 2 rings (SSSR count). The summed E-state index contributed by atoms with van der Waals surface area (Å²) in [5.74, 6) is -1.23. The molecule has 20 heavy (non-hydrogen) atoms. The van der Waals surface area contributed by atoms with E-state index in [1.54, 1.807) is 42.6 Å². The molecule has 0 aliphatic heterocycles. The summed E-state index contributed by atoms with van der Waals surface area (Å²) in [6, 6.07) is 9.68. The molecule has 5 nitrogen and oxygen atoms in total. The molecule has 0 amide bonds. The molecule has 1 aromatic carbocycles. The van der Waals surface area contributed by atoms with Gasteiger partial charge in [0.1, 0.15) is 0 Å². The largest absolute Gasteiger partial charge is 0.479 e. The van der Waals surface area contributed by atoms with Gasteiger partial charge in [-0.25, -0.2) is 4.79 Å². The number of nitrogens with zero attached hydrogens (tertiary/aromatic N) is 1. The van der Waals surface area contributed by atoms with Crippen LogP contribution in [0.4, 0.5) is 0 Å². The van der Waals surface area contributed by atoms with Crippen molar-refractivity contribution in [3.63, 3.8) is 0 Å². The minimum Gasteiger partial charge on any atom is -0.479 e. The smallest absolute Gasteiger partial charge is 0.337 e. The fourth-order valence-corrected chi connectivity index (χ4v) is 1.85. The fraction of sp³-hybridized carbons (Fsp3) is 0.133. The number of carboxylic acids is 1. The molecule has 1 heterocycles. The van der Waals surface area contributed by atoms with Gasteiger partial charge in [0.25, 0.3) is 0 Å². The molecule has 5 heteroatoms. The molecule has 0 fully saturated rings. The minimum absolute atomic E-state index is 0.158. The van der Waals surface area contributed by atoms with Crippen LogP contribution in [0, 0.1) is 0 Å². The van der Waals surface area contributed by atoms with Crippen LogP contribution in [0.15, 0.2) is 48.8 Å². The minimum atomic E-state index is -1.07. The average molecular weight is 271 g/mol. The Hall–Kier alpha value is -2.53. The monoisotopic (exact) mass is 271 g/mol. The summed E-state index contributed by atoms with van der Waals surface area (Å²) in [4.78, 5) is 27.0. The zero-order chi connectivity index (χ0) is 14.5. The van der Waals surface area contributed by atoms with E-state index in [0.29, 0.717) is 16.7 Å². The van der Waals surface area contributed by atoms with Crippen LogP contribution >= 0.6 is 0 Å². The Morgan fingerprint density at radius 1 is 1.15 bits per heavy atom. The number of benzene rings is 1. The number of pyridine rings is 1. The molecule has 0 saturated heterocycles. The van der Waals surface area contributed by atoms with Gasteiger partial charge in [-0.1, -0.05) is 24.3 Å². The number of ketones is 1. The van der Waals surface area contributed by atoms with E-state index in [1.165, 1.54) is 13.3 Å². The second kappa shape index (κ2) is 6.08. The van der Waals surface area contributed by atoms with E-state index < -0.39 is 12.1 Å². The summed E-state index contributed by atoms with van der Waals surface area (Å²) in [6.45, 7) is 0. The van der Waals surface area contributed by atoms with E-state index in [1.807, 2.05) is 0 Å². The number of ether oxygens (including phenoxy) is 1. The zero-order valence-corrected chi connectivity index (χ0v) is 10.8. The van der Waals surface area contributed by atoms with Gasteiger partial charge in [-0.3, -0.25) is 9.78 Å². The van der Waals surface area contributed by atoms with Gasteiger partial charge in [0, 0.05) is 30.6 Å². The Morgan fingerprint density at radius 3 is 2.35 bits per heavy atom. The second-order valence-electron chi connectivity index (χ2n) is 4.15. The van der Waals surface area contributed by atoms with Gasteiger partial charge in [-0.05, 0) is 17.7 Å². The Labute approximate surface area is 115 Å². The van der Waals surface area contributed by atoms with Crippen molar-refractivity contribution < 1.29 is 19.4 Å². The molecule has 0 radical (unpaired) electrons. The summed E-state index contributed by atoms with van der Waals surface area (Å²) in [6.07, 6.45) is 2.05. The van der Waals surface area contributed by atoms with Crippen molar-refractivity contribution in [1.82, 2.24) is 4.98 Å². The first-order valence-corrected chi connectivity index (χ1v) is 5.93. The number of carbonyl (C=O) groups is 2. The molecule has 2 aromatic rings. The third-order valence-electron chi connectivity index (χ3n) is 2.86. The summed E-state index contributed by atoms with van der Waals surface area (Å²) in [7, 11) is 1.33. The van der Waals surface area contributed by atoms with Gasteiger partial charge in [-0.2, -0.15) is 0 Å². The van der Waals surface area contributed by atoms with E-state index in [-0.39, 0.29) is 5.78 Å². The van der Waals surface area contributed by atoms with Gasteiger partial charge in [-0.15, -0.1) is 0 Å². The lowest BCUT2D eigenvalue weighted by Crippen LogP contribution is -2.13. The van der Waals surface area contributed by atoms with Crippen LogP contribution in [0.1, 0.15) is 27.6 Å². The third kappa shape index (κ3) is 2.89. The van der Waals surface area contributed by atoms with Crippen LogP contribution in [0.2, 0.25) is 0 Å². The van der Waals surface area contributed by atoms with Crippen molar-refractivity contribution in [1.29, 1.82) is 0 Å². The predicted molar refractivity (Wildman–Crippen MR) is 71.5 cm³/mol. The summed E-state index contributed by atoms with van der Waals surface area (Å²) in [5, 5.41) is 8.98. The van der Waals surface area contributed by atoms with E-state index in [4.69, 9.17) is 9.84 Å². The van der Waals surface area contributed by atoms with Gasteiger partial charge in [0.2, 0.25) is 0 Å². The first kappa shape index (κ1) is 13.9. The highest BCUT2D eigenvalue weighted by molar-refractivity contribution is 6.08. The lowest BCUT2D eigenvalue weighted by atomic mass is 10.0. The third-order valence-corrected chi connectivity index (χ3v) is 2.86. The topological polar surface area (TPSA) is 76.5 Å². The molecule has 0 aliphatic carbocycles. The van der Waals surface area contributed by atoms with Crippen molar-refractivity contribution in [3.05, 3.63) is 65.5 Å². The molecule has 1 aromatic heterocycles. The number of aromatic nitrogens is 1. The maximum atomic E-state index is 12.1. The number of carboxylic acid groups (broad SMARTS) is 1. The van der Waals surface area contributed by atoms with Crippen LogP contribution < -0.4 is 0 Å². The van der Waals surface area contributed by atoms with Crippen LogP contribution in [-0.2, 0) is 9.53 Å². The highest BCUT2D eigenvalue weighted by Gasteiger charge is 2.19. The standard InChI is InChI=1S/C15H13NO4/c1-20-14(15(18)19)11-6-4-10(5-7-11)13(17)12-3-2-8-16-9-12/h2-9,14H,1H3,(H,18,19). The van der Waals surface area contributed by atoms with E-state index in [2.05, 4.69) is 4.98 Å². The first-order chi connectivity index (χ1) is 9.63. The summed E-state index contributed by atoms with van der Waals surface area (Å²) in [5.41, 5.74) is 1.45. The number of hydrogen-bond donors (Lipinski definition) is 1. The maximum absolute atomic E-state index is 12.1. The summed E-state index contributed by atoms with van der Waals surface area (Å²) >= 11 is 0. The lowest BCUT2D eigenvalue weighted by Gasteiger charge is -2.11. The van der Waals surface area contributed by atoms with Crippen LogP contribution in [-0.4, -0.2) is 29.0 Å². The van der Waals surface area contributed by atoms with Crippen molar-refractivity contribution >= 4 is 11.8 Å². The summed E-state index contributed by atoms with van der Waals surface area (Å²) < 4.78 is 4.89. The van der Waals surface area contributed by atoms with Crippen molar-refractivity contribution in [2.45, 2.75) is 6.10 Å². The van der Waals surface area contributed by atoms with Crippen molar-refractivity contribution in [2.24, 2.45) is 0 Å². The number of aliphatic carboxylic acids is 1. The van der Waals surface area contributed by atoms with Gasteiger partial charge >= 0.3 is 5.97 Å². The molecule has 0 saturated carbocycles. The molecular formula is C15H13NO4. The van der Waals surface area contributed by atoms with E-state index in [0.717, 1.165) is 0 Å². The second-order valence-corrected chi connectivity index (χ2v) is 4.15. The van der Waals surface area contributed by atoms with Crippen LogP contribution in [0.25, 0.3) is 0 Å². The Bertz CT molecular complexity index is 608. The Kier molecular flexibility index (Phi) is 4.22. The first-order valence-electron chi connectivity index (χ1n) is 5.93. The molecule has 0 spiro atoms. The van der Waals surface area contributed by atoms with Gasteiger partial charge in [0.05, 0.1) is 0 Å². The predicted octanol–water partition coefficient (Wildman–Crippen LogP) is 2.08. The Morgan fingerprint density at radius 2 is 1.85 bits per heavy atom. The van der Waals surface area contributed by atoms with Gasteiger partial charge in [0.15, 0.2) is 11.9 Å². The number of hydrogen-bond acceptors (Lipinski definition) is 4. The molecule has 1 N–H and O–H groups in total. The van der Waals surface area contributed by atoms with Crippen LogP contribution in [0.5, 0.6) is 0 Å². The number of rotatable bonds is 5. The molecule has 1 unspecified atom stereocenters. The van der Waals surface area contributed by atoms with Gasteiger partial charge < -0.3 is 9.84 Å².